The number of fused-ring (bicyclic) bond motifs is 2. The van der Waals surface area contributed by atoms with Gasteiger partial charge in [0.25, 0.3) is 0 Å². The van der Waals surface area contributed by atoms with E-state index in [-0.39, 0.29) is 0 Å². The summed E-state index contributed by atoms with van der Waals surface area (Å²) in [5.74, 6) is 0. The van der Waals surface area contributed by atoms with E-state index in [0.29, 0.717) is 18.1 Å². The standard InChI is InChI=1S/C14H20N2/c1-10-3-2-4-12(7-10)16-13-5-6-14(16)9-11(15)8-13/h2-4,7,11,13-14H,5-6,8-9,15H2,1H3. The summed E-state index contributed by atoms with van der Waals surface area (Å²) in [6, 6.07) is 10.7. The molecule has 2 saturated heterocycles. The number of piperidine rings is 1. The van der Waals surface area contributed by atoms with Crippen molar-refractivity contribution < 1.29 is 0 Å². The summed E-state index contributed by atoms with van der Waals surface area (Å²) < 4.78 is 0. The highest BCUT2D eigenvalue weighted by molar-refractivity contribution is 5.52. The molecule has 2 heterocycles. The van der Waals surface area contributed by atoms with Crippen molar-refractivity contribution in [3.8, 4) is 0 Å². The first-order valence-corrected chi connectivity index (χ1v) is 6.34. The van der Waals surface area contributed by atoms with Gasteiger partial charge in [-0.15, -0.1) is 0 Å². The number of anilines is 1. The Hall–Kier alpha value is -1.02. The largest absolute Gasteiger partial charge is 0.365 e. The predicted molar refractivity (Wildman–Crippen MR) is 67.7 cm³/mol. The molecule has 0 aromatic heterocycles. The van der Waals surface area contributed by atoms with Crippen LogP contribution in [0.4, 0.5) is 5.69 Å². The number of nitrogens with zero attached hydrogens (tertiary/aromatic N) is 1. The number of nitrogens with two attached hydrogens (primary N) is 1. The molecule has 0 radical (unpaired) electrons. The highest BCUT2D eigenvalue weighted by Crippen LogP contribution is 2.38. The maximum absolute atomic E-state index is 6.10. The van der Waals surface area contributed by atoms with Gasteiger partial charge in [-0.1, -0.05) is 12.1 Å². The number of benzene rings is 1. The summed E-state index contributed by atoms with van der Waals surface area (Å²) in [6.07, 6.45) is 4.99. The molecule has 2 nitrogen and oxygen atoms in total. The number of rotatable bonds is 1. The van der Waals surface area contributed by atoms with E-state index in [1.807, 2.05) is 0 Å². The lowest BCUT2D eigenvalue weighted by Gasteiger charge is -2.39. The van der Waals surface area contributed by atoms with Crippen LogP contribution < -0.4 is 10.6 Å². The summed E-state index contributed by atoms with van der Waals surface area (Å²) in [5, 5.41) is 0. The van der Waals surface area contributed by atoms with Crippen LogP contribution in [0.3, 0.4) is 0 Å². The zero-order valence-electron chi connectivity index (χ0n) is 9.89. The minimum absolute atomic E-state index is 0.429. The summed E-state index contributed by atoms with van der Waals surface area (Å²) >= 11 is 0. The third-order valence-corrected chi connectivity index (χ3v) is 4.07. The van der Waals surface area contributed by atoms with Gasteiger partial charge in [0.15, 0.2) is 0 Å². The van der Waals surface area contributed by atoms with Crippen LogP contribution in [0, 0.1) is 6.92 Å². The van der Waals surface area contributed by atoms with Crippen LogP contribution in [0.15, 0.2) is 24.3 Å². The highest BCUT2D eigenvalue weighted by Gasteiger charge is 2.39. The van der Waals surface area contributed by atoms with E-state index in [1.165, 1.54) is 36.9 Å². The molecule has 2 bridgehead atoms. The Morgan fingerprint density at radius 1 is 1.19 bits per heavy atom. The Kier molecular flexibility index (Phi) is 2.40. The summed E-state index contributed by atoms with van der Waals surface area (Å²) in [7, 11) is 0. The first-order valence-electron chi connectivity index (χ1n) is 6.34. The van der Waals surface area contributed by atoms with E-state index in [2.05, 4.69) is 36.1 Å². The smallest absolute Gasteiger partial charge is 0.0373 e. The van der Waals surface area contributed by atoms with E-state index in [0.717, 1.165) is 0 Å². The maximum Gasteiger partial charge on any atom is 0.0373 e. The van der Waals surface area contributed by atoms with E-state index in [9.17, 15) is 0 Å². The summed E-state index contributed by atoms with van der Waals surface area (Å²) in [4.78, 5) is 2.62. The third kappa shape index (κ3) is 1.61. The molecular formula is C14H20N2. The van der Waals surface area contributed by atoms with E-state index in [1.54, 1.807) is 0 Å². The van der Waals surface area contributed by atoms with Gasteiger partial charge in [0, 0.05) is 23.8 Å². The number of hydrogen-bond donors (Lipinski definition) is 1. The molecule has 2 aliphatic rings. The second kappa shape index (κ2) is 3.77. The van der Waals surface area contributed by atoms with Crippen molar-refractivity contribution >= 4 is 5.69 Å². The molecule has 2 atom stereocenters. The normalized spacial score (nSPS) is 33.1. The van der Waals surface area contributed by atoms with Crippen molar-refractivity contribution in [3.05, 3.63) is 29.8 Å². The van der Waals surface area contributed by atoms with Crippen molar-refractivity contribution in [3.63, 3.8) is 0 Å². The first-order chi connectivity index (χ1) is 7.74. The quantitative estimate of drug-likeness (QED) is 0.781. The minimum atomic E-state index is 0.429. The van der Waals surface area contributed by atoms with Gasteiger partial charge in [0.05, 0.1) is 0 Å². The van der Waals surface area contributed by atoms with Gasteiger partial charge in [-0.3, -0.25) is 0 Å². The van der Waals surface area contributed by atoms with Crippen molar-refractivity contribution in [1.82, 2.24) is 0 Å². The molecule has 16 heavy (non-hydrogen) atoms. The first kappa shape index (κ1) is 10.2. The van der Waals surface area contributed by atoms with E-state index >= 15 is 0 Å². The molecule has 0 spiro atoms. The molecule has 86 valence electrons. The lowest BCUT2D eigenvalue weighted by molar-refractivity contribution is 0.414. The van der Waals surface area contributed by atoms with Crippen LogP contribution in [0.1, 0.15) is 31.2 Å². The lowest BCUT2D eigenvalue weighted by atomic mass is 9.97. The topological polar surface area (TPSA) is 29.3 Å². The molecule has 1 aromatic carbocycles. The highest BCUT2D eigenvalue weighted by atomic mass is 15.2. The Bertz CT molecular complexity index is 374. The number of aryl methyl sites for hydroxylation is 1. The Morgan fingerprint density at radius 2 is 1.88 bits per heavy atom. The molecular weight excluding hydrogens is 196 g/mol. The predicted octanol–water partition coefficient (Wildman–Crippen LogP) is 2.45. The maximum atomic E-state index is 6.10. The summed E-state index contributed by atoms with van der Waals surface area (Å²) in [5.41, 5.74) is 8.85. The molecule has 3 rings (SSSR count). The molecule has 2 unspecified atom stereocenters. The third-order valence-electron chi connectivity index (χ3n) is 4.07. The zero-order valence-corrected chi connectivity index (χ0v) is 9.89. The Labute approximate surface area is 97.4 Å². The van der Waals surface area contributed by atoms with Gasteiger partial charge in [-0.2, -0.15) is 0 Å². The fourth-order valence-corrected chi connectivity index (χ4v) is 3.43. The van der Waals surface area contributed by atoms with Gasteiger partial charge < -0.3 is 10.6 Å². The van der Waals surface area contributed by atoms with Gasteiger partial charge in [0.2, 0.25) is 0 Å². The second-order valence-corrected chi connectivity index (χ2v) is 5.36. The molecule has 0 saturated carbocycles. The zero-order chi connectivity index (χ0) is 11.1. The van der Waals surface area contributed by atoms with Crippen LogP contribution in [0.5, 0.6) is 0 Å². The van der Waals surface area contributed by atoms with Crippen molar-refractivity contribution in [2.75, 3.05) is 4.90 Å². The Balaban J connectivity index is 1.91. The van der Waals surface area contributed by atoms with Gasteiger partial charge in [-0.25, -0.2) is 0 Å². The van der Waals surface area contributed by atoms with Crippen LogP contribution >= 0.6 is 0 Å². The molecule has 2 heteroatoms. The van der Waals surface area contributed by atoms with Gasteiger partial charge in [-0.05, 0) is 50.3 Å². The van der Waals surface area contributed by atoms with E-state index in [4.69, 9.17) is 5.73 Å². The Morgan fingerprint density at radius 3 is 2.50 bits per heavy atom. The molecule has 2 aliphatic heterocycles. The summed E-state index contributed by atoms with van der Waals surface area (Å²) in [6.45, 7) is 2.17. The van der Waals surface area contributed by atoms with Crippen molar-refractivity contribution in [2.24, 2.45) is 5.73 Å². The SMILES string of the molecule is Cc1cccc(N2C3CCC2CC(N)C3)c1. The monoisotopic (exact) mass is 216 g/mol. The average Bonchev–Trinajstić information content (AvgIpc) is 2.51. The van der Waals surface area contributed by atoms with Crippen LogP contribution in [-0.4, -0.2) is 18.1 Å². The molecule has 0 aliphatic carbocycles. The van der Waals surface area contributed by atoms with Gasteiger partial charge in [0.1, 0.15) is 0 Å². The van der Waals surface area contributed by atoms with Crippen LogP contribution in [0.2, 0.25) is 0 Å². The molecule has 1 aromatic rings. The lowest BCUT2D eigenvalue weighted by Crippen LogP contribution is -2.47. The molecule has 2 N–H and O–H groups in total. The average molecular weight is 216 g/mol. The molecule has 0 amide bonds. The molecule has 2 fully saturated rings. The number of hydrogen-bond acceptors (Lipinski definition) is 2. The van der Waals surface area contributed by atoms with Gasteiger partial charge >= 0.3 is 0 Å². The van der Waals surface area contributed by atoms with E-state index < -0.39 is 0 Å². The van der Waals surface area contributed by atoms with Crippen LogP contribution in [0.25, 0.3) is 0 Å². The van der Waals surface area contributed by atoms with Crippen molar-refractivity contribution in [1.29, 1.82) is 0 Å². The van der Waals surface area contributed by atoms with Crippen LogP contribution in [-0.2, 0) is 0 Å². The van der Waals surface area contributed by atoms with Crippen molar-refractivity contribution in [2.45, 2.75) is 50.7 Å². The minimum Gasteiger partial charge on any atom is -0.365 e. The fourth-order valence-electron chi connectivity index (χ4n) is 3.43. The fraction of sp³-hybridized carbons (Fsp3) is 0.571. The second-order valence-electron chi connectivity index (χ2n) is 5.36.